The van der Waals surface area contributed by atoms with Gasteiger partial charge in [-0.3, -0.25) is 0 Å². The highest BCUT2D eigenvalue weighted by molar-refractivity contribution is 5.87. The van der Waals surface area contributed by atoms with Crippen molar-refractivity contribution in [1.82, 2.24) is 4.98 Å². The number of ether oxygens (including phenoxy) is 1. The molecule has 0 aliphatic carbocycles. The zero-order valence-electron chi connectivity index (χ0n) is 14.4. The number of methoxy groups -OCH3 is 1. The summed E-state index contributed by atoms with van der Waals surface area (Å²) in [6.45, 7) is 6.35. The third kappa shape index (κ3) is 2.98. The van der Waals surface area contributed by atoms with Crippen LogP contribution in [0.25, 0.3) is 23.1 Å². The highest BCUT2D eigenvalue weighted by Crippen LogP contribution is 2.27. The monoisotopic (exact) mass is 319 g/mol. The number of hydrogen-bond donors (Lipinski definition) is 1. The lowest BCUT2D eigenvalue weighted by molar-refractivity contribution is 0.373. The first-order chi connectivity index (χ1) is 11.5. The molecule has 0 aliphatic heterocycles. The first-order valence-electron chi connectivity index (χ1n) is 7.92. The van der Waals surface area contributed by atoms with Crippen LogP contribution in [-0.4, -0.2) is 17.2 Å². The van der Waals surface area contributed by atoms with Crippen molar-refractivity contribution in [2.75, 3.05) is 7.11 Å². The summed E-state index contributed by atoms with van der Waals surface area (Å²) in [4.78, 5) is 4.80. The predicted octanol–water partition coefficient (Wildman–Crippen LogP) is 5.04. The summed E-state index contributed by atoms with van der Waals surface area (Å²) in [5.41, 5.74) is 6.64. The molecule has 0 unspecified atom stereocenters. The van der Waals surface area contributed by atoms with E-state index in [-0.39, 0.29) is 5.75 Å². The molecule has 3 aromatic rings. The van der Waals surface area contributed by atoms with Crippen LogP contribution in [0.2, 0.25) is 0 Å². The number of aromatic nitrogens is 1. The molecule has 0 amide bonds. The van der Waals surface area contributed by atoms with Crippen LogP contribution in [0.3, 0.4) is 0 Å². The number of phenolic OH excluding ortho intramolecular Hbond substituents is 1. The Morgan fingerprint density at radius 3 is 2.50 bits per heavy atom. The summed E-state index contributed by atoms with van der Waals surface area (Å²) >= 11 is 0. The molecule has 0 atom stereocenters. The molecule has 0 spiro atoms. The first-order valence-corrected chi connectivity index (χ1v) is 7.92. The standard InChI is InChI=1S/C21H21NO2/c1-13-11-14(2)18-9-8-17(22-21(18)15(13)3)7-5-16-6-10-19(23)20(12-16)24-4/h5-12,23H,1-4H3. The van der Waals surface area contributed by atoms with Crippen LogP contribution in [0, 0.1) is 20.8 Å². The molecule has 0 radical (unpaired) electrons. The van der Waals surface area contributed by atoms with Crippen molar-refractivity contribution >= 4 is 23.1 Å². The fourth-order valence-corrected chi connectivity index (χ4v) is 2.85. The number of pyridine rings is 1. The molecule has 24 heavy (non-hydrogen) atoms. The van der Waals surface area contributed by atoms with E-state index in [0.717, 1.165) is 16.8 Å². The summed E-state index contributed by atoms with van der Waals surface area (Å²) in [6.07, 6.45) is 3.94. The molecule has 1 aromatic heterocycles. The highest BCUT2D eigenvalue weighted by atomic mass is 16.5. The van der Waals surface area contributed by atoms with E-state index in [9.17, 15) is 5.11 Å². The zero-order valence-corrected chi connectivity index (χ0v) is 14.4. The minimum absolute atomic E-state index is 0.139. The van der Waals surface area contributed by atoms with E-state index in [4.69, 9.17) is 9.72 Å². The quantitative estimate of drug-likeness (QED) is 0.735. The van der Waals surface area contributed by atoms with Gasteiger partial charge in [0.1, 0.15) is 0 Å². The van der Waals surface area contributed by atoms with Crippen molar-refractivity contribution in [3.63, 3.8) is 0 Å². The van der Waals surface area contributed by atoms with Crippen molar-refractivity contribution in [1.29, 1.82) is 0 Å². The molecule has 2 aromatic carbocycles. The van der Waals surface area contributed by atoms with Gasteiger partial charge in [-0.15, -0.1) is 0 Å². The number of benzene rings is 2. The second-order valence-corrected chi connectivity index (χ2v) is 6.03. The number of rotatable bonds is 3. The van der Waals surface area contributed by atoms with Gasteiger partial charge in [0.25, 0.3) is 0 Å². The lowest BCUT2D eigenvalue weighted by Crippen LogP contribution is -1.92. The minimum Gasteiger partial charge on any atom is -0.504 e. The molecular weight excluding hydrogens is 298 g/mol. The summed E-state index contributed by atoms with van der Waals surface area (Å²) in [5, 5.41) is 10.9. The Morgan fingerprint density at radius 2 is 1.75 bits per heavy atom. The van der Waals surface area contributed by atoms with Gasteiger partial charge in [-0.05, 0) is 67.3 Å². The van der Waals surface area contributed by atoms with Crippen molar-refractivity contribution in [3.8, 4) is 11.5 Å². The fourth-order valence-electron chi connectivity index (χ4n) is 2.85. The van der Waals surface area contributed by atoms with Crippen LogP contribution in [0.4, 0.5) is 0 Å². The van der Waals surface area contributed by atoms with Crippen LogP contribution in [0.5, 0.6) is 11.5 Å². The summed E-state index contributed by atoms with van der Waals surface area (Å²) < 4.78 is 5.14. The number of aryl methyl sites for hydroxylation is 3. The fraction of sp³-hybridized carbons (Fsp3) is 0.190. The Labute approximate surface area is 142 Å². The predicted molar refractivity (Wildman–Crippen MR) is 99.5 cm³/mol. The van der Waals surface area contributed by atoms with Crippen LogP contribution in [-0.2, 0) is 0 Å². The van der Waals surface area contributed by atoms with Crippen LogP contribution in [0.1, 0.15) is 27.9 Å². The van der Waals surface area contributed by atoms with E-state index in [2.05, 4.69) is 32.9 Å². The van der Waals surface area contributed by atoms with E-state index in [1.807, 2.05) is 24.3 Å². The van der Waals surface area contributed by atoms with E-state index in [0.29, 0.717) is 5.75 Å². The Balaban J connectivity index is 2.00. The summed E-state index contributed by atoms with van der Waals surface area (Å²) in [6, 6.07) is 11.6. The van der Waals surface area contributed by atoms with Crippen molar-refractivity contribution in [3.05, 3.63) is 64.3 Å². The smallest absolute Gasteiger partial charge is 0.161 e. The molecule has 3 rings (SSSR count). The number of fused-ring (bicyclic) bond motifs is 1. The van der Waals surface area contributed by atoms with Gasteiger partial charge in [-0.1, -0.05) is 24.3 Å². The maximum atomic E-state index is 9.66. The molecular formula is C21H21NO2. The topological polar surface area (TPSA) is 42.4 Å². The largest absolute Gasteiger partial charge is 0.504 e. The van der Waals surface area contributed by atoms with Crippen LogP contribution in [0.15, 0.2) is 36.4 Å². The van der Waals surface area contributed by atoms with E-state index in [1.165, 1.54) is 22.1 Å². The van der Waals surface area contributed by atoms with Crippen LogP contribution >= 0.6 is 0 Å². The summed E-state index contributed by atoms with van der Waals surface area (Å²) in [7, 11) is 1.54. The molecule has 0 bridgehead atoms. The molecule has 0 aliphatic rings. The number of phenols is 1. The van der Waals surface area contributed by atoms with E-state index >= 15 is 0 Å². The lowest BCUT2D eigenvalue weighted by Gasteiger charge is -2.09. The first kappa shape index (κ1) is 16.1. The highest BCUT2D eigenvalue weighted by Gasteiger charge is 2.06. The van der Waals surface area contributed by atoms with Gasteiger partial charge < -0.3 is 9.84 Å². The Kier molecular flexibility index (Phi) is 4.26. The third-order valence-electron chi connectivity index (χ3n) is 4.37. The normalized spacial score (nSPS) is 11.3. The lowest BCUT2D eigenvalue weighted by atomic mass is 10.0. The Hall–Kier alpha value is -2.81. The average Bonchev–Trinajstić information content (AvgIpc) is 2.59. The van der Waals surface area contributed by atoms with Gasteiger partial charge in [0.15, 0.2) is 11.5 Å². The van der Waals surface area contributed by atoms with Gasteiger partial charge in [0, 0.05) is 5.39 Å². The molecule has 1 N–H and O–H groups in total. The molecule has 0 saturated carbocycles. The number of nitrogens with zero attached hydrogens (tertiary/aromatic N) is 1. The SMILES string of the molecule is COc1cc(C=Cc2ccc3c(C)cc(C)c(C)c3n2)ccc1O. The van der Waals surface area contributed by atoms with Crippen molar-refractivity contribution < 1.29 is 9.84 Å². The van der Waals surface area contributed by atoms with Crippen molar-refractivity contribution in [2.24, 2.45) is 0 Å². The van der Waals surface area contributed by atoms with E-state index < -0.39 is 0 Å². The maximum Gasteiger partial charge on any atom is 0.161 e. The van der Waals surface area contributed by atoms with Crippen LogP contribution < -0.4 is 4.74 Å². The molecule has 0 saturated heterocycles. The Bertz CT molecular complexity index is 942. The second kappa shape index (κ2) is 6.36. The number of hydrogen-bond acceptors (Lipinski definition) is 3. The maximum absolute atomic E-state index is 9.66. The van der Waals surface area contributed by atoms with Gasteiger partial charge in [0.05, 0.1) is 18.3 Å². The molecule has 3 nitrogen and oxygen atoms in total. The molecule has 1 heterocycles. The second-order valence-electron chi connectivity index (χ2n) is 6.03. The third-order valence-corrected chi connectivity index (χ3v) is 4.37. The number of aromatic hydroxyl groups is 1. The van der Waals surface area contributed by atoms with Gasteiger partial charge in [-0.2, -0.15) is 0 Å². The zero-order chi connectivity index (χ0) is 17.3. The molecule has 0 fully saturated rings. The average molecular weight is 319 g/mol. The van der Waals surface area contributed by atoms with E-state index in [1.54, 1.807) is 19.2 Å². The van der Waals surface area contributed by atoms with Gasteiger partial charge >= 0.3 is 0 Å². The Morgan fingerprint density at radius 1 is 0.958 bits per heavy atom. The van der Waals surface area contributed by atoms with Gasteiger partial charge in [-0.25, -0.2) is 4.98 Å². The van der Waals surface area contributed by atoms with Crippen molar-refractivity contribution in [2.45, 2.75) is 20.8 Å². The minimum atomic E-state index is 0.139. The summed E-state index contributed by atoms with van der Waals surface area (Å²) in [5.74, 6) is 0.603. The van der Waals surface area contributed by atoms with Gasteiger partial charge in [0.2, 0.25) is 0 Å². The molecule has 122 valence electrons. The molecule has 3 heteroatoms.